The van der Waals surface area contributed by atoms with Gasteiger partial charge in [-0.25, -0.2) is 0 Å². The molecule has 3 aromatic rings. The van der Waals surface area contributed by atoms with E-state index >= 15 is 0 Å². The summed E-state index contributed by atoms with van der Waals surface area (Å²) in [5, 5.41) is 16.6. The maximum absolute atomic E-state index is 12.8. The van der Waals surface area contributed by atoms with E-state index in [9.17, 15) is 9.90 Å². The molecule has 1 aromatic carbocycles. The van der Waals surface area contributed by atoms with Gasteiger partial charge in [0.2, 0.25) is 0 Å². The zero-order valence-electron chi connectivity index (χ0n) is 15.4. The Balaban J connectivity index is 1.55. The lowest BCUT2D eigenvalue weighted by atomic mass is 9.75. The number of aromatic nitrogens is 2. The third-order valence-electron chi connectivity index (χ3n) is 5.04. The Labute approximate surface area is 162 Å². The highest BCUT2D eigenvalue weighted by Gasteiger charge is 2.36. The molecule has 2 N–H and O–H groups in total. The molecule has 1 aliphatic rings. The van der Waals surface area contributed by atoms with Crippen LogP contribution in [0.2, 0.25) is 0 Å². The fraction of sp³-hybridized carbons (Fsp3) is 0.286. The van der Waals surface area contributed by atoms with E-state index in [0.29, 0.717) is 24.4 Å². The maximum Gasteiger partial charge on any atom is 0.273 e. The molecule has 7 nitrogen and oxygen atoms in total. The van der Waals surface area contributed by atoms with E-state index in [4.69, 9.17) is 9.26 Å². The lowest BCUT2D eigenvalue weighted by molar-refractivity contribution is 0.0233. The molecule has 0 aliphatic heterocycles. The number of rotatable bonds is 6. The molecule has 0 unspecified atom stereocenters. The standard InChI is InChI=1S/C21H21N3O4/c1-27-17-9-15(11-22-12-17)20(14-7-16(25)8-14)23-21(26)18-10-19(28-24-18)13-5-3-2-4-6-13/h2-6,9-12,14,16,20,25H,7-8H2,1H3,(H,23,26)/t14?,16?,20-/m1/s1. The molecule has 0 bridgehead atoms. The molecule has 0 radical (unpaired) electrons. The smallest absolute Gasteiger partial charge is 0.273 e. The van der Waals surface area contributed by atoms with Crippen molar-refractivity contribution in [3.63, 3.8) is 0 Å². The van der Waals surface area contributed by atoms with E-state index < -0.39 is 0 Å². The van der Waals surface area contributed by atoms with Gasteiger partial charge in [0.1, 0.15) is 5.75 Å². The predicted octanol–water partition coefficient (Wildman–Crippen LogP) is 2.99. The first-order valence-corrected chi connectivity index (χ1v) is 9.14. The molecule has 0 saturated heterocycles. The number of pyridine rings is 1. The molecule has 0 spiro atoms. The molecule has 1 aliphatic carbocycles. The van der Waals surface area contributed by atoms with Crippen LogP contribution in [0.15, 0.2) is 59.4 Å². The summed E-state index contributed by atoms with van der Waals surface area (Å²) in [7, 11) is 1.57. The number of carbonyl (C=O) groups excluding carboxylic acids is 1. The van der Waals surface area contributed by atoms with Crippen molar-refractivity contribution in [3.8, 4) is 17.1 Å². The lowest BCUT2D eigenvalue weighted by Crippen LogP contribution is -2.41. The van der Waals surface area contributed by atoms with Crippen molar-refractivity contribution in [3.05, 3.63) is 66.1 Å². The van der Waals surface area contributed by atoms with Crippen molar-refractivity contribution >= 4 is 5.91 Å². The van der Waals surface area contributed by atoms with Crippen LogP contribution in [0, 0.1) is 5.92 Å². The van der Waals surface area contributed by atoms with E-state index in [0.717, 1.165) is 11.1 Å². The third-order valence-corrected chi connectivity index (χ3v) is 5.04. The maximum atomic E-state index is 12.8. The predicted molar refractivity (Wildman–Crippen MR) is 102 cm³/mol. The first-order chi connectivity index (χ1) is 13.6. The summed E-state index contributed by atoms with van der Waals surface area (Å²) in [5.41, 5.74) is 1.89. The van der Waals surface area contributed by atoms with Crippen LogP contribution >= 0.6 is 0 Å². The number of nitrogens with one attached hydrogen (secondary N) is 1. The van der Waals surface area contributed by atoms with Crippen LogP contribution in [0.1, 0.15) is 34.9 Å². The van der Waals surface area contributed by atoms with Crippen molar-refractivity contribution in [2.45, 2.75) is 25.0 Å². The van der Waals surface area contributed by atoms with Crippen molar-refractivity contribution in [1.82, 2.24) is 15.5 Å². The average molecular weight is 379 g/mol. The zero-order chi connectivity index (χ0) is 19.5. The van der Waals surface area contributed by atoms with Crippen LogP contribution in [0.5, 0.6) is 5.75 Å². The van der Waals surface area contributed by atoms with Gasteiger partial charge in [-0.3, -0.25) is 9.78 Å². The number of carbonyl (C=O) groups is 1. The zero-order valence-corrected chi connectivity index (χ0v) is 15.4. The molecule has 28 heavy (non-hydrogen) atoms. The number of aliphatic hydroxyl groups is 1. The minimum atomic E-state index is -0.334. The molecular weight excluding hydrogens is 358 g/mol. The monoisotopic (exact) mass is 379 g/mol. The van der Waals surface area contributed by atoms with Crippen LogP contribution in [-0.4, -0.2) is 34.4 Å². The summed E-state index contributed by atoms with van der Waals surface area (Å²) >= 11 is 0. The quantitative estimate of drug-likeness (QED) is 0.683. The van der Waals surface area contributed by atoms with Crippen molar-refractivity contribution in [2.24, 2.45) is 5.92 Å². The van der Waals surface area contributed by atoms with Gasteiger partial charge in [0, 0.05) is 17.8 Å². The van der Waals surface area contributed by atoms with E-state index in [1.165, 1.54) is 0 Å². The number of amides is 1. The Morgan fingerprint density at radius 3 is 2.75 bits per heavy atom. The first-order valence-electron chi connectivity index (χ1n) is 9.14. The summed E-state index contributed by atoms with van der Waals surface area (Å²) in [6.07, 6.45) is 4.23. The average Bonchev–Trinajstić information content (AvgIpc) is 3.21. The van der Waals surface area contributed by atoms with Crippen LogP contribution < -0.4 is 10.1 Å². The molecule has 4 rings (SSSR count). The lowest BCUT2D eigenvalue weighted by Gasteiger charge is -2.38. The highest BCUT2D eigenvalue weighted by atomic mass is 16.5. The number of ether oxygens (including phenoxy) is 1. The SMILES string of the molecule is COc1cncc([C@H](NC(=O)c2cc(-c3ccccc3)on2)C2CC(O)C2)c1. The Morgan fingerprint density at radius 1 is 1.25 bits per heavy atom. The van der Waals surface area contributed by atoms with Gasteiger partial charge >= 0.3 is 0 Å². The molecule has 144 valence electrons. The number of nitrogens with zero attached hydrogens (tertiary/aromatic N) is 2. The van der Waals surface area contributed by atoms with Gasteiger partial charge in [-0.1, -0.05) is 35.5 Å². The fourth-order valence-corrected chi connectivity index (χ4v) is 3.43. The second-order valence-electron chi connectivity index (χ2n) is 6.94. The van der Waals surface area contributed by atoms with Gasteiger partial charge in [0.15, 0.2) is 11.5 Å². The Kier molecular flexibility index (Phi) is 5.08. The minimum absolute atomic E-state index is 0.119. The van der Waals surface area contributed by atoms with E-state index in [2.05, 4.69) is 15.5 Å². The normalized spacial score (nSPS) is 19.5. The second-order valence-corrected chi connectivity index (χ2v) is 6.94. The summed E-state index contributed by atoms with van der Waals surface area (Å²) in [4.78, 5) is 17.0. The van der Waals surface area contributed by atoms with E-state index in [1.54, 1.807) is 25.6 Å². The fourth-order valence-electron chi connectivity index (χ4n) is 3.43. The summed E-state index contributed by atoms with van der Waals surface area (Å²) in [5.74, 6) is 0.933. The third kappa shape index (κ3) is 3.75. The first kappa shape index (κ1) is 18.2. The molecule has 1 amide bonds. The van der Waals surface area contributed by atoms with Crippen molar-refractivity contribution in [2.75, 3.05) is 7.11 Å². The summed E-state index contributed by atoms with van der Waals surface area (Å²) in [6.45, 7) is 0. The van der Waals surface area contributed by atoms with Crippen molar-refractivity contribution in [1.29, 1.82) is 0 Å². The topological polar surface area (TPSA) is 97.5 Å². The number of aliphatic hydroxyl groups excluding tert-OH is 1. The van der Waals surface area contributed by atoms with Gasteiger partial charge < -0.3 is 19.7 Å². The molecule has 2 aromatic heterocycles. The second kappa shape index (κ2) is 7.82. The summed E-state index contributed by atoms with van der Waals surface area (Å²) in [6, 6.07) is 12.7. The van der Waals surface area contributed by atoms with Gasteiger partial charge in [0.25, 0.3) is 5.91 Å². The minimum Gasteiger partial charge on any atom is -0.495 e. The molecule has 1 atom stereocenters. The van der Waals surface area contributed by atoms with Gasteiger partial charge in [-0.2, -0.15) is 0 Å². The van der Waals surface area contributed by atoms with Crippen LogP contribution in [0.4, 0.5) is 0 Å². The van der Waals surface area contributed by atoms with Crippen LogP contribution in [0.25, 0.3) is 11.3 Å². The van der Waals surface area contributed by atoms with Gasteiger partial charge in [-0.05, 0) is 30.4 Å². The Bertz CT molecular complexity index is 951. The highest BCUT2D eigenvalue weighted by Crippen LogP contribution is 2.38. The molecule has 1 fully saturated rings. The largest absolute Gasteiger partial charge is 0.495 e. The Morgan fingerprint density at radius 2 is 2.04 bits per heavy atom. The number of benzene rings is 1. The van der Waals surface area contributed by atoms with Gasteiger partial charge in [-0.15, -0.1) is 0 Å². The van der Waals surface area contributed by atoms with E-state index in [1.807, 2.05) is 36.4 Å². The van der Waals surface area contributed by atoms with Crippen LogP contribution in [-0.2, 0) is 0 Å². The number of hydrogen-bond donors (Lipinski definition) is 2. The number of methoxy groups -OCH3 is 1. The van der Waals surface area contributed by atoms with Crippen molar-refractivity contribution < 1.29 is 19.2 Å². The summed E-state index contributed by atoms with van der Waals surface area (Å²) < 4.78 is 10.6. The molecular formula is C21H21N3O4. The van der Waals surface area contributed by atoms with Crippen LogP contribution in [0.3, 0.4) is 0 Å². The Hall–Kier alpha value is -3.19. The highest BCUT2D eigenvalue weighted by molar-refractivity contribution is 5.93. The molecule has 1 saturated carbocycles. The molecule has 2 heterocycles. The number of hydrogen-bond acceptors (Lipinski definition) is 6. The molecule has 7 heteroatoms. The van der Waals surface area contributed by atoms with E-state index in [-0.39, 0.29) is 29.7 Å². The van der Waals surface area contributed by atoms with Gasteiger partial charge in [0.05, 0.1) is 25.5 Å².